The van der Waals surface area contributed by atoms with E-state index in [4.69, 9.17) is 0 Å². The fraction of sp³-hybridized carbons (Fsp3) is 0.833. The number of carbonyl (C=O) groups excluding carboxylic acids is 2. The zero-order valence-corrected chi connectivity index (χ0v) is 10.8. The van der Waals surface area contributed by atoms with E-state index in [1.165, 1.54) is 4.90 Å². The smallest absolute Gasteiger partial charge is 0.247 e. The van der Waals surface area contributed by atoms with Gasteiger partial charge in [-0.25, -0.2) is 0 Å². The van der Waals surface area contributed by atoms with Gasteiger partial charge in [-0.3, -0.25) is 14.5 Å². The zero-order chi connectivity index (χ0) is 12.5. The van der Waals surface area contributed by atoms with E-state index in [1.807, 2.05) is 20.8 Å². The van der Waals surface area contributed by atoms with Gasteiger partial charge >= 0.3 is 0 Å². The van der Waals surface area contributed by atoms with Gasteiger partial charge in [-0.1, -0.05) is 13.8 Å². The molecule has 1 aliphatic rings. The molecule has 16 heavy (non-hydrogen) atoms. The predicted molar refractivity (Wildman–Crippen MR) is 62.8 cm³/mol. The monoisotopic (exact) mass is 226 g/mol. The number of nitrogens with one attached hydrogen (secondary N) is 1. The largest absolute Gasteiger partial charge is 0.303 e. The average molecular weight is 226 g/mol. The molecule has 0 aliphatic carbocycles. The number of hydrogen-bond acceptors (Lipinski definition) is 3. The van der Waals surface area contributed by atoms with Gasteiger partial charge in [0.2, 0.25) is 11.8 Å². The minimum absolute atomic E-state index is 0.0406. The summed E-state index contributed by atoms with van der Waals surface area (Å²) in [5.74, 6) is 0.317. The molecule has 1 N–H and O–H groups in total. The van der Waals surface area contributed by atoms with Crippen LogP contribution in [-0.2, 0) is 9.59 Å². The topological polar surface area (TPSA) is 49.4 Å². The SMILES string of the molecule is CC(C)C(C)NC1CC(=O)N(C(C)C)C1=O. The zero-order valence-electron chi connectivity index (χ0n) is 10.8. The summed E-state index contributed by atoms with van der Waals surface area (Å²) in [6.45, 7) is 9.97. The van der Waals surface area contributed by atoms with Crippen molar-refractivity contribution in [2.75, 3.05) is 0 Å². The van der Waals surface area contributed by atoms with Crippen molar-refractivity contribution in [2.24, 2.45) is 5.92 Å². The highest BCUT2D eigenvalue weighted by Gasteiger charge is 2.40. The number of imide groups is 1. The Hall–Kier alpha value is -0.900. The third kappa shape index (κ3) is 2.61. The molecule has 1 rings (SSSR count). The summed E-state index contributed by atoms with van der Waals surface area (Å²) in [7, 11) is 0. The van der Waals surface area contributed by atoms with Gasteiger partial charge in [0.1, 0.15) is 0 Å². The Bertz CT molecular complexity index is 287. The Morgan fingerprint density at radius 2 is 1.75 bits per heavy atom. The van der Waals surface area contributed by atoms with Crippen LogP contribution in [0.15, 0.2) is 0 Å². The van der Waals surface area contributed by atoms with Crippen molar-refractivity contribution in [2.45, 2.75) is 59.2 Å². The third-order valence-corrected chi connectivity index (χ3v) is 3.16. The second-order valence-electron chi connectivity index (χ2n) is 5.15. The quantitative estimate of drug-likeness (QED) is 0.732. The Morgan fingerprint density at radius 1 is 1.19 bits per heavy atom. The van der Waals surface area contributed by atoms with E-state index in [0.29, 0.717) is 12.3 Å². The highest BCUT2D eigenvalue weighted by Crippen LogP contribution is 2.17. The van der Waals surface area contributed by atoms with Gasteiger partial charge < -0.3 is 5.32 Å². The van der Waals surface area contributed by atoms with E-state index in [1.54, 1.807) is 0 Å². The van der Waals surface area contributed by atoms with Crippen LogP contribution in [0.2, 0.25) is 0 Å². The molecule has 2 unspecified atom stereocenters. The number of hydrogen-bond donors (Lipinski definition) is 1. The maximum absolute atomic E-state index is 12.0. The normalized spacial score (nSPS) is 23.7. The third-order valence-electron chi connectivity index (χ3n) is 3.16. The molecule has 1 fully saturated rings. The summed E-state index contributed by atoms with van der Waals surface area (Å²) in [4.78, 5) is 25.0. The molecular weight excluding hydrogens is 204 g/mol. The predicted octanol–water partition coefficient (Wildman–Crippen LogP) is 1.16. The van der Waals surface area contributed by atoms with E-state index in [2.05, 4.69) is 19.2 Å². The molecule has 92 valence electrons. The fourth-order valence-electron chi connectivity index (χ4n) is 1.83. The van der Waals surface area contributed by atoms with Crippen molar-refractivity contribution < 1.29 is 9.59 Å². The van der Waals surface area contributed by atoms with Crippen LogP contribution in [0, 0.1) is 5.92 Å². The lowest BCUT2D eigenvalue weighted by atomic mass is 10.1. The van der Waals surface area contributed by atoms with E-state index >= 15 is 0 Å². The van der Waals surface area contributed by atoms with Crippen LogP contribution in [0.4, 0.5) is 0 Å². The first-order chi connectivity index (χ1) is 7.34. The fourth-order valence-corrected chi connectivity index (χ4v) is 1.83. The number of nitrogens with zero attached hydrogens (tertiary/aromatic N) is 1. The van der Waals surface area contributed by atoms with Crippen LogP contribution < -0.4 is 5.32 Å². The molecule has 0 spiro atoms. The molecule has 0 aromatic rings. The summed E-state index contributed by atoms with van der Waals surface area (Å²) in [6.07, 6.45) is 0.300. The summed E-state index contributed by atoms with van der Waals surface area (Å²) in [5.41, 5.74) is 0. The van der Waals surface area contributed by atoms with Crippen molar-refractivity contribution in [3.8, 4) is 0 Å². The van der Waals surface area contributed by atoms with Gasteiger partial charge in [0.15, 0.2) is 0 Å². The second kappa shape index (κ2) is 4.95. The van der Waals surface area contributed by atoms with Gasteiger partial charge in [0, 0.05) is 12.1 Å². The van der Waals surface area contributed by atoms with Crippen molar-refractivity contribution >= 4 is 11.8 Å². The molecule has 4 nitrogen and oxygen atoms in total. The van der Waals surface area contributed by atoms with Gasteiger partial charge in [-0.2, -0.15) is 0 Å². The highest BCUT2D eigenvalue weighted by atomic mass is 16.2. The molecule has 1 saturated heterocycles. The van der Waals surface area contributed by atoms with Crippen LogP contribution in [0.3, 0.4) is 0 Å². The minimum atomic E-state index is -0.327. The number of amides is 2. The van der Waals surface area contributed by atoms with Crippen LogP contribution in [0.5, 0.6) is 0 Å². The minimum Gasteiger partial charge on any atom is -0.303 e. The van der Waals surface area contributed by atoms with E-state index in [-0.39, 0.29) is 29.9 Å². The molecule has 2 atom stereocenters. The molecular formula is C12H22N2O2. The molecule has 2 amide bonds. The van der Waals surface area contributed by atoms with Crippen LogP contribution in [0.25, 0.3) is 0 Å². The Morgan fingerprint density at radius 3 is 2.12 bits per heavy atom. The second-order valence-corrected chi connectivity index (χ2v) is 5.15. The molecule has 1 aliphatic heterocycles. The first-order valence-electron chi connectivity index (χ1n) is 5.96. The molecule has 4 heteroatoms. The summed E-state index contributed by atoms with van der Waals surface area (Å²) in [5, 5.41) is 3.23. The van der Waals surface area contributed by atoms with Gasteiger partial charge in [0.05, 0.1) is 12.5 Å². The standard InChI is InChI=1S/C12H22N2O2/c1-7(2)9(5)13-10-6-11(15)14(8(3)4)12(10)16/h7-10,13H,6H2,1-5H3. The Kier molecular flexibility index (Phi) is 4.08. The number of carbonyl (C=O) groups is 2. The van der Waals surface area contributed by atoms with Gasteiger partial charge in [-0.05, 0) is 26.7 Å². The summed E-state index contributed by atoms with van der Waals surface area (Å²) < 4.78 is 0. The average Bonchev–Trinajstić information content (AvgIpc) is 2.41. The molecule has 0 radical (unpaired) electrons. The van der Waals surface area contributed by atoms with Gasteiger partial charge in [-0.15, -0.1) is 0 Å². The van der Waals surface area contributed by atoms with E-state index < -0.39 is 0 Å². The maximum atomic E-state index is 12.0. The van der Waals surface area contributed by atoms with Crippen LogP contribution >= 0.6 is 0 Å². The van der Waals surface area contributed by atoms with Crippen molar-refractivity contribution in [3.05, 3.63) is 0 Å². The van der Waals surface area contributed by atoms with Crippen molar-refractivity contribution in [1.82, 2.24) is 10.2 Å². The molecule has 0 aromatic carbocycles. The number of rotatable bonds is 4. The lowest BCUT2D eigenvalue weighted by Crippen LogP contribution is -2.45. The van der Waals surface area contributed by atoms with Crippen LogP contribution in [0.1, 0.15) is 41.0 Å². The summed E-state index contributed by atoms with van der Waals surface area (Å²) >= 11 is 0. The molecule has 0 saturated carbocycles. The summed E-state index contributed by atoms with van der Waals surface area (Å²) in [6, 6.07) is -0.123. The first kappa shape index (κ1) is 13.2. The molecule has 1 heterocycles. The highest BCUT2D eigenvalue weighted by molar-refractivity contribution is 6.05. The Balaban J connectivity index is 2.66. The van der Waals surface area contributed by atoms with E-state index in [0.717, 1.165) is 0 Å². The first-order valence-corrected chi connectivity index (χ1v) is 5.96. The lowest BCUT2D eigenvalue weighted by Gasteiger charge is -2.22. The maximum Gasteiger partial charge on any atom is 0.247 e. The van der Waals surface area contributed by atoms with E-state index in [9.17, 15) is 9.59 Å². The lowest BCUT2D eigenvalue weighted by molar-refractivity contribution is -0.140. The number of likely N-dealkylation sites (tertiary alicyclic amines) is 1. The van der Waals surface area contributed by atoms with Crippen molar-refractivity contribution in [3.63, 3.8) is 0 Å². The molecule has 0 bridgehead atoms. The Labute approximate surface area is 97.4 Å². The van der Waals surface area contributed by atoms with Gasteiger partial charge in [0.25, 0.3) is 0 Å². The van der Waals surface area contributed by atoms with Crippen molar-refractivity contribution in [1.29, 1.82) is 0 Å². The molecule has 0 aromatic heterocycles. The van der Waals surface area contributed by atoms with Crippen LogP contribution in [-0.4, -0.2) is 34.8 Å².